The first-order chi connectivity index (χ1) is 9.97. The summed E-state index contributed by atoms with van der Waals surface area (Å²) in [5.41, 5.74) is 1.89. The average Bonchev–Trinajstić information content (AvgIpc) is 2.47. The van der Waals surface area contributed by atoms with Gasteiger partial charge >= 0.3 is 0 Å². The van der Waals surface area contributed by atoms with E-state index in [2.05, 4.69) is 31.0 Å². The third-order valence-corrected chi connectivity index (χ3v) is 4.49. The summed E-state index contributed by atoms with van der Waals surface area (Å²) in [6, 6.07) is 7.74. The van der Waals surface area contributed by atoms with Crippen molar-refractivity contribution in [1.82, 2.24) is 10.2 Å². The number of piperidine rings is 1. The molecule has 0 unspecified atom stereocenters. The minimum Gasteiger partial charge on any atom is -0.349 e. The van der Waals surface area contributed by atoms with E-state index in [4.69, 9.17) is 12.2 Å². The number of benzene rings is 1. The minimum absolute atomic E-state index is 0.117. The second kappa shape index (κ2) is 7.03. The zero-order valence-electron chi connectivity index (χ0n) is 13.1. The smallest absolute Gasteiger partial charge is 0.257 e. The standard InChI is InChI=1S/C17H24N2OS/c1-12(2)14-4-6-15(7-5-14)16(20)18-17(21)19-10-8-13(3)9-11-19/h4-7,12-13H,8-11H2,1-3H3,(H,18,20,21). The molecule has 1 amide bonds. The molecule has 21 heavy (non-hydrogen) atoms. The van der Waals surface area contributed by atoms with Crippen LogP contribution in [0.25, 0.3) is 0 Å². The van der Waals surface area contributed by atoms with Crippen LogP contribution in [-0.2, 0) is 0 Å². The van der Waals surface area contributed by atoms with Gasteiger partial charge in [-0.3, -0.25) is 10.1 Å². The van der Waals surface area contributed by atoms with Crippen LogP contribution in [0.5, 0.6) is 0 Å². The molecule has 4 heteroatoms. The lowest BCUT2D eigenvalue weighted by atomic mass is 10.00. The third-order valence-electron chi connectivity index (χ3n) is 4.13. The van der Waals surface area contributed by atoms with E-state index in [1.54, 1.807) is 0 Å². The van der Waals surface area contributed by atoms with Crippen molar-refractivity contribution in [2.75, 3.05) is 13.1 Å². The number of hydrogen-bond acceptors (Lipinski definition) is 2. The van der Waals surface area contributed by atoms with Crippen molar-refractivity contribution in [3.63, 3.8) is 0 Å². The van der Waals surface area contributed by atoms with Crippen LogP contribution < -0.4 is 5.32 Å². The molecular formula is C17H24N2OS. The van der Waals surface area contributed by atoms with Gasteiger partial charge in [0.25, 0.3) is 5.91 Å². The van der Waals surface area contributed by atoms with Gasteiger partial charge in [-0.25, -0.2) is 0 Å². The van der Waals surface area contributed by atoms with Gasteiger partial charge in [0.1, 0.15) is 0 Å². The maximum Gasteiger partial charge on any atom is 0.257 e. The Bertz CT molecular complexity index is 502. The summed E-state index contributed by atoms with van der Waals surface area (Å²) in [6.07, 6.45) is 2.28. The molecule has 0 aromatic heterocycles. The summed E-state index contributed by atoms with van der Waals surface area (Å²) in [7, 11) is 0. The van der Waals surface area contributed by atoms with Crippen molar-refractivity contribution >= 4 is 23.2 Å². The highest BCUT2D eigenvalue weighted by atomic mass is 32.1. The Morgan fingerprint density at radius 3 is 2.33 bits per heavy atom. The van der Waals surface area contributed by atoms with Crippen molar-refractivity contribution < 1.29 is 4.79 Å². The predicted octanol–water partition coefficient (Wildman–Crippen LogP) is 3.56. The second-order valence-electron chi connectivity index (χ2n) is 6.21. The highest BCUT2D eigenvalue weighted by molar-refractivity contribution is 7.80. The van der Waals surface area contributed by atoms with Crippen LogP contribution in [0.1, 0.15) is 55.5 Å². The molecule has 0 radical (unpaired) electrons. The first-order valence-electron chi connectivity index (χ1n) is 7.67. The second-order valence-corrected chi connectivity index (χ2v) is 6.59. The van der Waals surface area contributed by atoms with E-state index >= 15 is 0 Å². The summed E-state index contributed by atoms with van der Waals surface area (Å²) in [4.78, 5) is 14.3. The zero-order valence-corrected chi connectivity index (χ0v) is 13.9. The number of thiocarbonyl (C=S) groups is 1. The number of carbonyl (C=O) groups is 1. The van der Waals surface area contributed by atoms with Crippen molar-refractivity contribution in [3.05, 3.63) is 35.4 Å². The summed E-state index contributed by atoms with van der Waals surface area (Å²) >= 11 is 5.35. The van der Waals surface area contributed by atoms with Crippen molar-refractivity contribution in [3.8, 4) is 0 Å². The fourth-order valence-corrected chi connectivity index (χ4v) is 2.75. The zero-order chi connectivity index (χ0) is 15.4. The normalized spacial score (nSPS) is 16.1. The van der Waals surface area contributed by atoms with Gasteiger partial charge in [0.15, 0.2) is 5.11 Å². The molecule has 1 N–H and O–H groups in total. The Kier molecular flexibility index (Phi) is 5.34. The summed E-state index contributed by atoms with van der Waals surface area (Å²) in [5.74, 6) is 1.11. The van der Waals surface area contributed by atoms with Gasteiger partial charge in [-0.05, 0) is 54.6 Å². The maximum absolute atomic E-state index is 12.2. The largest absolute Gasteiger partial charge is 0.349 e. The fraction of sp³-hybridized carbons (Fsp3) is 0.529. The van der Waals surface area contributed by atoms with E-state index in [0.29, 0.717) is 16.6 Å². The molecule has 1 fully saturated rings. The molecular weight excluding hydrogens is 280 g/mol. The molecule has 114 valence electrons. The van der Waals surface area contributed by atoms with Crippen molar-refractivity contribution in [2.24, 2.45) is 5.92 Å². The van der Waals surface area contributed by atoms with Gasteiger partial charge in [-0.15, -0.1) is 0 Å². The molecule has 0 bridgehead atoms. The van der Waals surface area contributed by atoms with E-state index in [0.717, 1.165) is 31.8 Å². The first-order valence-corrected chi connectivity index (χ1v) is 8.08. The van der Waals surface area contributed by atoms with Gasteiger partial charge in [-0.2, -0.15) is 0 Å². The SMILES string of the molecule is CC1CCN(C(=S)NC(=O)c2ccc(C(C)C)cc2)CC1. The summed E-state index contributed by atoms with van der Waals surface area (Å²) in [5, 5.41) is 3.40. The quantitative estimate of drug-likeness (QED) is 0.848. The molecule has 0 saturated carbocycles. The number of amides is 1. The van der Waals surface area contributed by atoms with Crippen molar-refractivity contribution in [2.45, 2.75) is 39.5 Å². The molecule has 1 aliphatic rings. The Morgan fingerprint density at radius 2 is 1.81 bits per heavy atom. The first kappa shape index (κ1) is 16.0. The maximum atomic E-state index is 12.2. The predicted molar refractivity (Wildman–Crippen MR) is 90.6 cm³/mol. The minimum atomic E-state index is -0.117. The molecule has 1 aliphatic heterocycles. The van der Waals surface area contributed by atoms with E-state index in [-0.39, 0.29) is 5.91 Å². The lowest BCUT2D eigenvalue weighted by molar-refractivity contribution is 0.0972. The van der Waals surface area contributed by atoms with Gasteiger partial charge in [-0.1, -0.05) is 32.9 Å². The summed E-state index contributed by atoms with van der Waals surface area (Å²) in [6.45, 7) is 8.41. The highest BCUT2D eigenvalue weighted by Gasteiger charge is 2.19. The molecule has 1 aromatic carbocycles. The lowest BCUT2D eigenvalue weighted by Gasteiger charge is -2.32. The van der Waals surface area contributed by atoms with Crippen LogP contribution >= 0.6 is 12.2 Å². The molecule has 2 rings (SSSR count). The van der Waals surface area contributed by atoms with E-state index in [1.165, 1.54) is 5.56 Å². The van der Waals surface area contributed by atoms with Crippen LogP contribution in [0.3, 0.4) is 0 Å². The molecule has 0 atom stereocenters. The van der Waals surface area contributed by atoms with Gasteiger partial charge < -0.3 is 4.90 Å². The van der Waals surface area contributed by atoms with Gasteiger partial charge in [0, 0.05) is 18.7 Å². The van der Waals surface area contributed by atoms with Crippen LogP contribution in [0.2, 0.25) is 0 Å². The Balaban J connectivity index is 1.93. The molecule has 0 spiro atoms. The van der Waals surface area contributed by atoms with E-state index < -0.39 is 0 Å². The fourth-order valence-electron chi connectivity index (χ4n) is 2.48. The lowest BCUT2D eigenvalue weighted by Crippen LogP contribution is -2.46. The molecule has 3 nitrogen and oxygen atoms in total. The molecule has 1 heterocycles. The van der Waals surface area contributed by atoms with Crippen molar-refractivity contribution in [1.29, 1.82) is 0 Å². The number of carbonyl (C=O) groups excluding carboxylic acids is 1. The monoisotopic (exact) mass is 304 g/mol. The highest BCUT2D eigenvalue weighted by Crippen LogP contribution is 2.17. The molecule has 0 aliphatic carbocycles. The Hall–Kier alpha value is -1.42. The van der Waals surface area contributed by atoms with E-state index in [1.807, 2.05) is 24.3 Å². The third kappa shape index (κ3) is 4.27. The number of hydrogen-bond donors (Lipinski definition) is 1. The number of nitrogens with one attached hydrogen (secondary N) is 1. The van der Waals surface area contributed by atoms with Gasteiger partial charge in [0.2, 0.25) is 0 Å². The Morgan fingerprint density at radius 1 is 1.24 bits per heavy atom. The average molecular weight is 304 g/mol. The van der Waals surface area contributed by atoms with Crippen LogP contribution in [0.4, 0.5) is 0 Å². The van der Waals surface area contributed by atoms with Gasteiger partial charge in [0.05, 0.1) is 0 Å². The van der Waals surface area contributed by atoms with Crippen LogP contribution in [-0.4, -0.2) is 29.0 Å². The summed E-state index contributed by atoms with van der Waals surface area (Å²) < 4.78 is 0. The van der Waals surface area contributed by atoms with Crippen LogP contribution in [0, 0.1) is 5.92 Å². The number of nitrogens with zero attached hydrogens (tertiary/aromatic N) is 1. The molecule has 1 saturated heterocycles. The topological polar surface area (TPSA) is 32.3 Å². The number of likely N-dealkylation sites (tertiary alicyclic amines) is 1. The number of rotatable bonds is 2. The Labute approximate surface area is 132 Å². The molecule has 1 aromatic rings. The van der Waals surface area contributed by atoms with Crippen LogP contribution in [0.15, 0.2) is 24.3 Å². The van der Waals surface area contributed by atoms with E-state index in [9.17, 15) is 4.79 Å².